The molecule has 0 bridgehead atoms. The van der Waals surface area contributed by atoms with E-state index in [4.69, 9.17) is 4.74 Å². The van der Waals surface area contributed by atoms with Crippen molar-refractivity contribution in [1.82, 2.24) is 9.55 Å². The van der Waals surface area contributed by atoms with E-state index in [1.807, 2.05) is 7.05 Å². The van der Waals surface area contributed by atoms with Crippen LogP contribution >= 0.6 is 11.8 Å². The van der Waals surface area contributed by atoms with Crippen molar-refractivity contribution in [3.8, 4) is 0 Å². The molecule has 8 heteroatoms. The molecule has 0 amide bonds. The number of imidazole rings is 1. The van der Waals surface area contributed by atoms with Crippen molar-refractivity contribution in [2.24, 2.45) is 7.05 Å². The van der Waals surface area contributed by atoms with Crippen LogP contribution in [0.3, 0.4) is 0 Å². The number of rotatable bonds is 6. The van der Waals surface area contributed by atoms with Gasteiger partial charge in [-0.3, -0.25) is 14.9 Å². The van der Waals surface area contributed by atoms with E-state index < -0.39 is 10.2 Å². The van der Waals surface area contributed by atoms with Crippen LogP contribution in [0.5, 0.6) is 0 Å². The van der Waals surface area contributed by atoms with E-state index in [-0.39, 0.29) is 18.3 Å². The standard InChI is InChI=1S/C14H15N3O4S/c1-10(14(18)21-8-12-7-15-9-16(12)2)22-13-5-3-11(4-6-13)17(19)20/h3-7,9-10H,8H2,1-2H3/t10-/m0/s1. The second-order valence-electron chi connectivity index (χ2n) is 4.61. The van der Waals surface area contributed by atoms with Gasteiger partial charge in [-0.1, -0.05) is 0 Å². The Morgan fingerprint density at radius 2 is 2.14 bits per heavy atom. The number of benzene rings is 1. The number of carbonyl (C=O) groups excluding carboxylic acids is 1. The van der Waals surface area contributed by atoms with Gasteiger partial charge in [0.05, 0.1) is 23.1 Å². The first-order chi connectivity index (χ1) is 10.5. The average Bonchev–Trinajstić information content (AvgIpc) is 2.90. The summed E-state index contributed by atoms with van der Waals surface area (Å²) in [5.74, 6) is -0.343. The summed E-state index contributed by atoms with van der Waals surface area (Å²) < 4.78 is 7.01. The van der Waals surface area contributed by atoms with Crippen LogP contribution in [0.1, 0.15) is 12.6 Å². The van der Waals surface area contributed by atoms with Gasteiger partial charge < -0.3 is 9.30 Å². The highest BCUT2D eigenvalue weighted by molar-refractivity contribution is 8.00. The molecule has 0 fully saturated rings. The van der Waals surface area contributed by atoms with Crippen LogP contribution < -0.4 is 0 Å². The highest BCUT2D eigenvalue weighted by atomic mass is 32.2. The maximum Gasteiger partial charge on any atom is 0.319 e. The molecule has 1 heterocycles. The Balaban J connectivity index is 1.88. The minimum absolute atomic E-state index is 0.0239. The molecule has 1 aromatic carbocycles. The first-order valence-corrected chi connectivity index (χ1v) is 7.38. The fourth-order valence-corrected chi connectivity index (χ4v) is 2.55. The maximum absolute atomic E-state index is 11.9. The monoisotopic (exact) mass is 321 g/mol. The Labute approximate surface area is 131 Å². The molecule has 0 spiro atoms. The number of nitro groups is 1. The number of hydrogen-bond donors (Lipinski definition) is 0. The summed E-state index contributed by atoms with van der Waals surface area (Å²) in [5, 5.41) is 10.2. The second-order valence-corrected chi connectivity index (χ2v) is 6.03. The van der Waals surface area contributed by atoms with Gasteiger partial charge in [0.2, 0.25) is 0 Å². The van der Waals surface area contributed by atoms with Gasteiger partial charge in [0, 0.05) is 24.1 Å². The van der Waals surface area contributed by atoms with E-state index in [1.165, 1.54) is 23.9 Å². The fraction of sp³-hybridized carbons (Fsp3) is 0.286. The Kier molecular flexibility index (Phi) is 5.16. The van der Waals surface area contributed by atoms with Crippen LogP contribution in [0, 0.1) is 10.1 Å². The molecule has 0 aliphatic rings. The number of aromatic nitrogens is 2. The van der Waals surface area contributed by atoms with Crippen LogP contribution in [0.15, 0.2) is 41.7 Å². The minimum Gasteiger partial charge on any atom is -0.458 e. The number of hydrogen-bond acceptors (Lipinski definition) is 6. The summed E-state index contributed by atoms with van der Waals surface area (Å²) in [5.41, 5.74) is 0.830. The molecule has 0 unspecified atom stereocenters. The van der Waals surface area contributed by atoms with E-state index in [0.29, 0.717) is 0 Å². The van der Waals surface area contributed by atoms with Crippen molar-refractivity contribution in [2.75, 3.05) is 0 Å². The molecule has 0 saturated carbocycles. The van der Waals surface area contributed by atoms with Crippen molar-refractivity contribution in [3.05, 3.63) is 52.6 Å². The van der Waals surface area contributed by atoms with Crippen LogP contribution in [-0.2, 0) is 23.2 Å². The zero-order chi connectivity index (χ0) is 16.1. The van der Waals surface area contributed by atoms with Crippen molar-refractivity contribution in [3.63, 3.8) is 0 Å². The molecular formula is C14H15N3O4S. The Hall–Kier alpha value is -2.35. The summed E-state index contributed by atoms with van der Waals surface area (Å²) in [7, 11) is 1.82. The number of esters is 1. The molecule has 116 valence electrons. The van der Waals surface area contributed by atoms with E-state index in [9.17, 15) is 14.9 Å². The fourth-order valence-electron chi connectivity index (χ4n) is 1.68. The number of nitrogens with zero attached hydrogens (tertiary/aromatic N) is 3. The lowest BCUT2D eigenvalue weighted by Crippen LogP contribution is -2.17. The molecule has 1 atom stereocenters. The summed E-state index contributed by atoms with van der Waals surface area (Å²) in [6.45, 7) is 1.90. The zero-order valence-electron chi connectivity index (χ0n) is 12.1. The quantitative estimate of drug-likeness (QED) is 0.352. The van der Waals surface area contributed by atoms with Crippen LogP contribution in [0.2, 0.25) is 0 Å². The number of nitro benzene ring substituents is 1. The van der Waals surface area contributed by atoms with E-state index in [1.54, 1.807) is 36.1 Å². The number of ether oxygens (including phenoxy) is 1. The molecule has 7 nitrogen and oxygen atoms in total. The normalized spacial score (nSPS) is 11.9. The van der Waals surface area contributed by atoms with Gasteiger partial charge in [-0.05, 0) is 19.1 Å². The largest absolute Gasteiger partial charge is 0.458 e. The van der Waals surface area contributed by atoms with Crippen molar-refractivity contribution >= 4 is 23.4 Å². The van der Waals surface area contributed by atoms with E-state index in [2.05, 4.69) is 4.98 Å². The van der Waals surface area contributed by atoms with Crippen LogP contribution in [0.4, 0.5) is 5.69 Å². The van der Waals surface area contributed by atoms with Crippen molar-refractivity contribution < 1.29 is 14.5 Å². The number of carbonyl (C=O) groups is 1. The van der Waals surface area contributed by atoms with E-state index >= 15 is 0 Å². The van der Waals surface area contributed by atoms with Crippen molar-refractivity contribution in [2.45, 2.75) is 23.7 Å². The van der Waals surface area contributed by atoms with Crippen LogP contribution in [0.25, 0.3) is 0 Å². The van der Waals surface area contributed by atoms with Gasteiger partial charge in [-0.25, -0.2) is 4.98 Å². The predicted molar refractivity (Wildman–Crippen MR) is 81.4 cm³/mol. The number of thioether (sulfide) groups is 1. The van der Waals surface area contributed by atoms with Gasteiger partial charge >= 0.3 is 5.97 Å². The highest BCUT2D eigenvalue weighted by Crippen LogP contribution is 2.26. The SMILES string of the molecule is C[C@H](Sc1ccc([N+](=O)[O-])cc1)C(=O)OCc1cncn1C. The smallest absolute Gasteiger partial charge is 0.319 e. The maximum atomic E-state index is 11.9. The first-order valence-electron chi connectivity index (χ1n) is 6.50. The molecule has 1 aromatic heterocycles. The molecule has 0 N–H and O–H groups in total. The summed E-state index contributed by atoms with van der Waals surface area (Å²) >= 11 is 1.29. The molecular weight excluding hydrogens is 306 g/mol. The third-order valence-corrected chi connectivity index (χ3v) is 4.06. The molecule has 2 rings (SSSR count). The van der Waals surface area contributed by atoms with Gasteiger partial charge in [0.15, 0.2) is 0 Å². The van der Waals surface area contributed by atoms with E-state index in [0.717, 1.165) is 10.6 Å². The Morgan fingerprint density at radius 3 is 2.68 bits per heavy atom. The topological polar surface area (TPSA) is 87.3 Å². The lowest BCUT2D eigenvalue weighted by atomic mass is 10.3. The van der Waals surface area contributed by atoms with Gasteiger partial charge in [0.25, 0.3) is 5.69 Å². The number of non-ortho nitro benzene ring substituents is 1. The lowest BCUT2D eigenvalue weighted by molar-refractivity contribution is -0.384. The Bertz CT molecular complexity index is 669. The van der Waals surface area contributed by atoms with Gasteiger partial charge in [-0.15, -0.1) is 11.8 Å². The highest BCUT2D eigenvalue weighted by Gasteiger charge is 2.17. The summed E-state index contributed by atoms with van der Waals surface area (Å²) in [4.78, 5) is 26.8. The second kappa shape index (κ2) is 7.08. The zero-order valence-corrected chi connectivity index (χ0v) is 12.9. The lowest BCUT2D eigenvalue weighted by Gasteiger charge is -2.11. The minimum atomic E-state index is -0.458. The molecule has 0 saturated heterocycles. The predicted octanol–water partition coefficient (Wildman–Crippen LogP) is 2.55. The van der Waals surface area contributed by atoms with Gasteiger partial charge in [-0.2, -0.15) is 0 Å². The van der Waals surface area contributed by atoms with Gasteiger partial charge in [0.1, 0.15) is 11.9 Å². The average molecular weight is 321 g/mol. The first kappa shape index (κ1) is 16.0. The molecule has 0 aliphatic heterocycles. The molecule has 22 heavy (non-hydrogen) atoms. The third kappa shape index (κ3) is 4.08. The molecule has 2 aromatic rings. The van der Waals surface area contributed by atoms with Crippen LogP contribution in [-0.4, -0.2) is 25.7 Å². The van der Waals surface area contributed by atoms with Crippen molar-refractivity contribution in [1.29, 1.82) is 0 Å². The Morgan fingerprint density at radius 1 is 1.45 bits per heavy atom. The summed E-state index contributed by atoms with van der Waals surface area (Å²) in [6, 6.07) is 6.06. The molecule has 0 aliphatic carbocycles. The number of aryl methyl sites for hydroxylation is 1. The molecule has 0 radical (unpaired) electrons. The summed E-state index contributed by atoms with van der Waals surface area (Å²) in [6.07, 6.45) is 3.28. The third-order valence-electron chi connectivity index (χ3n) is 2.97.